The molecule has 3 nitrogen and oxygen atoms in total. The Hall–Kier alpha value is -1.88. The predicted octanol–water partition coefficient (Wildman–Crippen LogP) is 3.24. The first kappa shape index (κ1) is 14.1. The van der Waals surface area contributed by atoms with E-state index in [9.17, 15) is 9.18 Å². The van der Waals surface area contributed by atoms with Crippen molar-refractivity contribution >= 4 is 27.5 Å². The van der Waals surface area contributed by atoms with Crippen LogP contribution in [0.5, 0.6) is 0 Å². The van der Waals surface area contributed by atoms with Gasteiger partial charge in [-0.2, -0.15) is 0 Å². The van der Waals surface area contributed by atoms with Crippen molar-refractivity contribution in [3.05, 3.63) is 63.4 Å². The molecular formula is C16H14BrFN2O. The summed E-state index contributed by atoms with van der Waals surface area (Å²) in [7, 11) is 0. The zero-order valence-corrected chi connectivity index (χ0v) is 12.8. The lowest BCUT2D eigenvalue weighted by Crippen LogP contribution is -2.33. The fourth-order valence-electron chi connectivity index (χ4n) is 2.60. The molecule has 1 unspecified atom stereocenters. The third-order valence-corrected chi connectivity index (χ3v) is 4.46. The van der Waals surface area contributed by atoms with Crippen molar-refractivity contribution in [1.29, 1.82) is 0 Å². The first-order valence-electron chi connectivity index (χ1n) is 6.67. The van der Waals surface area contributed by atoms with E-state index < -0.39 is 5.82 Å². The molecule has 0 saturated carbocycles. The van der Waals surface area contributed by atoms with Gasteiger partial charge in [0.25, 0.3) is 5.91 Å². The summed E-state index contributed by atoms with van der Waals surface area (Å²) >= 11 is 3.19. The zero-order valence-electron chi connectivity index (χ0n) is 11.2. The highest BCUT2D eigenvalue weighted by molar-refractivity contribution is 9.10. The second-order valence-electron chi connectivity index (χ2n) is 5.16. The summed E-state index contributed by atoms with van der Waals surface area (Å²) in [6.45, 7) is 0.569. The molecule has 0 radical (unpaired) electrons. The molecule has 0 spiro atoms. The van der Waals surface area contributed by atoms with Gasteiger partial charge >= 0.3 is 0 Å². The van der Waals surface area contributed by atoms with Crippen molar-refractivity contribution in [1.82, 2.24) is 5.32 Å². The summed E-state index contributed by atoms with van der Waals surface area (Å²) in [5.41, 5.74) is 8.45. The molecule has 0 saturated heterocycles. The Balaban J connectivity index is 1.67. The van der Waals surface area contributed by atoms with Crippen LogP contribution in [0.1, 0.15) is 27.4 Å². The highest BCUT2D eigenvalue weighted by Gasteiger charge is 2.26. The molecule has 0 aromatic heterocycles. The highest BCUT2D eigenvalue weighted by atomic mass is 79.9. The van der Waals surface area contributed by atoms with Gasteiger partial charge < -0.3 is 11.1 Å². The van der Waals surface area contributed by atoms with Crippen LogP contribution < -0.4 is 11.1 Å². The standard InChI is InChI=1S/C16H14BrFN2O/c17-13-7-14(18)15(19)6-12(13)16(21)20-8-10-5-9-3-1-2-4-11(9)10/h1-4,6-7,10H,5,8,19H2,(H,20,21). The lowest BCUT2D eigenvalue weighted by molar-refractivity contribution is 0.0949. The summed E-state index contributed by atoms with van der Waals surface area (Å²) < 4.78 is 13.7. The van der Waals surface area contributed by atoms with E-state index in [4.69, 9.17) is 5.73 Å². The number of carbonyl (C=O) groups is 1. The maximum atomic E-state index is 13.3. The number of nitrogens with one attached hydrogen (secondary N) is 1. The molecule has 2 aromatic carbocycles. The summed E-state index contributed by atoms with van der Waals surface area (Å²) in [5.74, 6) is -0.439. The van der Waals surface area contributed by atoms with Gasteiger partial charge in [-0.3, -0.25) is 4.79 Å². The normalized spacial score (nSPS) is 16.0. The second-order valence-corrected chi connectivity index (χ2v) is 6.02. The molecule has 5 heteroatoms. The predicted molar refractivity (Wildman–Crippen MR) is 83.7 cm³/mol. The molecule has 3 N–H and O–H groups in total. The number of halogens is 2. The van der Waals surface area contributed by atoms with Crippen LogP contribution in [0.25, 0.3) is 0 Å². The fourth-order valence-corrected chi connectivity index (χ4v) is 3.09. The van der Waals surface area contributed by atoms with Gasteiger partial charge in [-0.05, 0) is 45.6 Å². The number of hydrogen-bond acceptors (Lipinski definition) is 2. The molecule has 1 aliphatic carbocycles. The Bertz CT molecular complexity index is 717. The minimum atomic E-state index is -0.536. The lowest BCUT2D eigenvalue weighted by atomic mass is 9.77. The van der Waals surface area contributed by atoms with Gasteiger partial charge in [-0.1, -0.05) is 24.3 Å². The van der Waals surface area contributed by atoms with Gasteiger partial charge in [-0.25, -0.2) is 4.39 Å². The molecule has 21 heavy (non-hydrogen) atoms. The third-order valence-electron chi connectivity index (χ3n) is 3.80. The van der Waals surface area contributed by atoms with E-state index in [1.54, 1.807) is 0 Å². The van der Waals surface area contributed by atoms with Crippen molar-refractivity contribution in [2.75, 3.05) is 12.3 Å². The number of carbonyl (C=O) groups excluding carboxylic acids is 1. The van der Waals surface area contributed by atoms with Crippen molar-refractivity contribution < 1.29 is 9.18 Å². The lowest BCUT2D eigenvalue weighted by Gasteiger charge is -2.30. The van der Waals surface area contributed by atoms with Crippen LogP contribution in [-0.4, -0.2) is 12.5 Å². The maximum absolute atomic E-state index is 13.3. The van der Waals surface area contributed by atoms with E-state index in [1.807, 2.05) is 12.1 Å². The zero-order chi connectivity index (χ0) is 15.0. The quantitative estimate of drug-likeness (QED) is 0.836. The summed E-state index contributed by atoms with van der Waals surface area (Å²) in [6.07, 6.45) is 0.975. The molecule has 2 aromatic rings. The second kappa shape index (κ2) is 5.48. The minimum absolute atomic E-state index is 0.0302. The summed E-state index contributed by atoms with van der Waals surface area (Å²) in [5, 5.41) is 2.88. The molecule has 0 aliphatic heterocycles. The Labute approximate surface area is 130 Å². The van der Waals surface area contributed by atoms with Gasteiger partial charge in [0.1, 0.15) is 5.82 Å². The summed E-state index contributed by atoms with van der Waals surface area (Å²) in [4.78, 5) is 12.2. The van der Waals surface area contributed by atoms with E-state index in [2.05, 4.69) is 33.4 Å². The van der Waals surface area contributed by atoms with Crippen molar-refractivity contribution in [2.24, 2.45) is 0 Å². The van der Waals surface area contributed by atoms with Crippen LogP contribution in [-0.2, 0) is 6.42 Å². The topological polar surface area (TPSA) is 55.1 Å². The van der Waals surface area contributed by atoms with Crippen LogP contribution in [0.3, 0.4) is 0 Å². The number of nitrogen functional groups attached to an aromatic ring is 1. The maximum Gasteiger partial charge on any atom is 0.252 e. The Morgan fingerprint density at radius 3 is 2.90 bits per heavy atom. The van der Waals surface area contributed by atoms with Crippen molar-refractivity contribution in [2.45, 2.75) is 12.3 Å². The smallest absolute Gasteiger partial charge is 0.252 e. The van der Waals surface area contributed by atoms with Crippen LogP contribution in [0.2, 0.25) is 0 Å². The number of fused-ring (bicyclic) bond motifs is 1. The SMILES string of the molecule is Nc1cc(C(=O)NCC2Cc3ccccc32)c(Br)cc1F. The number of nitrogens with two attached hydrogens (primary N) is 1. The number of hydrogen-bond donors (Lipinski definition) is 2. The largest absolute Gasteiger partial charge is 0.396 e. The van der Waals surface area contributed by atoms with Crippen molar-refractivity contribution in [3.63, 3.8) is 0 Å². The van der Waals surface area contributed by atoms with Gasteiger partial charge in [0, 0.05) is 16.9 Å². The van der Waals surface area contributed by atoms with Crippen LogP contribution in [0.15, 0.2) is 40.9 Å². The van der Waals surface area contributed by atoms with Gasteiger partial charge in [-0.15, -0.1) is 0 Å². The third kappa shape index (κ3) is 2.65. The molecule has 3 rings (SSSR count). The van der Waals surface area contributed by atoms with Gasteiger partial charge in [0.2, 0.25) is 0 Å². The van der Waals surface area contributed by atoms with Crippen LogP contribution in [0.4, 0.5) is 10.1 Å². The molecule has 1 amide bonds. The average molecular weight is 349 g/mol. The monoisotopic (exact) mass is 348 g/mol. The molecular weight excluding hydrogens is 335 g/mol. The van der Waals surface area contributed by atoms with Crippen LogP contribution in [0, 0.1) is 5.82 Å². The summed E-state index contributed by atoms with van der Waals surface area (Å²) in [6, 6.07) is 10.8. The Morgan fingerprint density at radius 2 is 2.14 bits per heavy atom. The van der Waals surface area contributed by atoms with Gasteiger partial charge in [0.05, 0.1) is 11.3 Å². The highest BCUT2D eigenvalue weighted by Crippen LogP contribution is 2.34. The molecule has 1 aliphatic rings. The van der Waals surface area contributed by atoms with Gasteiger partial charge in [0.15, 0.2) is 0 Å². The number of benzene rings is 2. The number of rotatable bonds is 3. The van der Waals surface area contributed by atoms with E-state index in [1.165, 1.54) is 23.3 Å². The van der Waals surface area contributed by atoms with E-state index in [0.717, 1.165) is 6.42 Å². The van der Waals surface area contributed by atoms with Crippen LogP contribution >= 0.6 is 15.9 Å². The number of anilines is 1. The Morgan fingerprint density at radius 1 is 1.38 bits per heavy atom. The first-order chi connectivity index (χ1) is 10.1. The van der Waals surface area contributed by atoms with E-state index >= 15 is 0 Å². The molecule has 108 valence electrons. The molecule has 1 atom stereocenters. The molecule has 0 bridgehead atoms. The fraction of sp³-hybridized carbons (Fsp3) is 0.188. The minimum Gasteiger partial charge on any atom is -0.396 e. The first-order valence-corrected chi connectivity index (χ1v) is 7.46. The number of amides is 1. The molecule has 0 heterocycles. The van der Waals surface area contributed by atoms with E-state index in [-0.39, 0.29) is 11.6 Å². The van der Waals surface area contributed by atoms with Crippen molar-refractivity contribution in [3.8, 4) is 0 Å². The average Bonchev–Trinajstić information content (AvgIpc) is 2.43. The Kier molecular flexibility index (Phi) is 3.68. The molecule has 0 fully saturated rings. The van der Waals surface area contributed by atoms with E-state index in [0.29, 0.717) is 22.5 Å².